The van der Waals surface area contributed by atoms with Crippen LogP contribution in [0.2, 0.25) is 0 Å². The average Bonchev–Trinajstić information content (AvgIpc) is 2.45. The standard InChI is InChI=1S/C15H15F2N3S/c1-10-5-6-14(19-9-10)20-15(21)18-8-7-11-12(16)3-2-4-13(11)17/h2-6,9H,7-8H2,1H3,(H2,18,19,20,21). The second-order valence-corrected chi connectivity index (χ2v) is 4.96. The van der Waals surface area contributed by atoms with E-state index in [0.29, 0.717) is 17.5 Å². The maximum absolute atomic E-state index is 13.4. The molecule has 2 rings (SSSR count). The van der Waals surface area contributed by atoms with Crippen molar-refractivity contribution in [1.82, 2.24) is 10.3 Å². The van der Waals surface area contributed by atoms with Crippen molar-refractivity contribution in [3.8, 4) is 0 Å². The number of pyridine rings is 1. The first-order valence-electron chi connectivity index (χ1n) is 6.46. The van der Waals surface area contributed by atoms with Crippen molar-refractivity contribution in [3.63, 3.8) is 0 Å². The summed E-state index contributed by atoms with van der Waals surface area (Å²) in [6.45, 7) is 2.27. The lowest BCUT2D eigenvalue weighted by Crippen LogP contribution is -2.30. The minimum Gasteiger partial charge on any atom is -0.362 e. The number of rotatable bonds is 4. The smallest absolute Gasteiger partial charge is 0.171 e. The van der Waals surface area contributed by atoms with Gasteiger partial charge in [0.15, 0.2) is 5.11 Å². The van der Waals surface area contributed by atoms with Crippen molar-refractivity contribution in [2.75, 3.05) is 11.9 Å². The highest BCUT2D eigenvalue weighted by Crippen LogP contribution is 2.12. The van der Waals surface area contributed by atoms with Gasteiger partial charge in [-0.1, -0.05) is 12.1 Å². The summed E-state index contributed by atoms with van der Waals surface area (Å²) in [5.74, 6) is -0.470. The van der Waals surface area contributed by atoms with Crippen molar-refractivity contribution in [3.05, 3.63) is 59.3 Å². The van der Waals surface area contributed by atoms with E-state index in [2.05, 4.69) is 15.6 Å². The first kappa shape index (κ1) is 15.3. The molecule has 0 spiro atoms. The highest BCUT2D eigenvalue weighted by Gasteiger charge is 2.08. The molecule has 0 amide bonds. The first-order chi connectivity index (χ1) is 10.1. The first-order valence-corrected chi connectivity index (χ1v) is 6.87. The lowest BCUT2D eigenvalue weighted by Gasteiger charge is -2.10. The molecule has 0 saturated heterocycles. The summed E-state index contributed by atoms with van der Waals surface area (Å²) < 4.78 is 26.9. The molecule has 110 valence electrons. The fourth-order valence-electron chi connectivity index (χ4n) is 1.77. The molecule has 0 fully saturated rings. The third kappa shape index (κ3) is 4.46. The molecular weight excluding hydrogens is 292 g/mol. The summed E-state index contributed by atoms with van der Waals surface area (Å²) in [4.78, 5) is 4.15. The molecule has 21 heavy (non-hydrogen) atoms. The molecule has 0 bridgehead atoms. The van der Waals surface area contributed by atoms with Crippen LogP contribution >= 0.6 is 12.2 Å². The molecule has 2 aromatic rings. The van der Waals surface area contributed by atoms with Crippen LogP contribution in [0.5, 0.6) is 0 Å². The lowest BCUT2D eigenvalue weighted by atomic mass is 10.1. The van der Waals surface area contributed by atoms with E-state index in [9.17, 15) is 8.78 Å². The van der Waals surface area contributed by atoms with Gasteiger partial charge in [0.05, 0.1) is 0 Å². The zero-order valence-corrected chi connectivity index (χ0v) is 12.3. The van der Waals surface area contributed by atoms with Crippen molar-refractivity contribution >= 4 is 23.1 Å². The van der Waals surface area contributed by atoms with E-state index >= 15 is 0 Å². The minimum atomic E-state index is -0.545. The number of anilines is 1. The van der Waals surface area contributed by atoms with E-state index in [1.807, 2.05) is 13.0 Å². The van der Waals surface area contributed by atoms with Gasteiger partial charge in [-0.2, -0.15) is 0 Å². The Kier molecular flexibility index (Phi) is 5.16. The van der Waals surface area contributed by atoms with Crippen LogP contribution in [0.4, 0.5) is 14.6 Å². The van der Waals surface area contributed by atoms with Gasteiger partial charge < -0.3 is 10.6 Å². The third-order valence-electron chi connectivity index (χ3n) is 2.88. The van der Waals surface area contributed by atoms with Crippen LogP contribution in [0.15, 0.2) is 36.5 Å². The molecule has 0 aliphatic heterocycles. The molecule has 1 aromatic carbocycles. The Bertz CT molecular complexity index is 609. The lowest BCUT2D eigenvalue weighted by molar-refractivity contribution is 0.553. The normalized spacial score (nSPS) is 10.2. The number of thiocarbonyl (C=S) groups is 1. The van der Waals surface area contributed by atoms with E-state index in [1.54, 1.807) is 12.3 Å². The van der Waals surface area contributed by atoms with Gasteiger partial charge in [0.2, 0.25) is 0 Å². The van der Waals surface area contributed by atoms with Crippen molar-refractivity contribution in [2.24, 2.45) is 0 Å². The molecule has 0 aliphatic carbocycles. The number of halogens is 2. The second-order valence-electron chi connectivity index (χ2n) is 4.55. The van der Waals surface area contributed by atoms with Crippen LogP contribution in [0.25, 0.3) is 0 Å². The highest BCUT2D eigenvalue weighted by molar-refractivity contribution is 7.80. The molecule has 1 heterocycles. The summed E-state index contributed by atoms with van der Waals surface area (Å²) >= 11 is 5.10. The maximum Gasteiger partial charge on any atom is 0.171 e. The quantitative estimate of drug-likeness (QED) is 0.851. The Hall–Kier alpha value is -2.08. The summed E-state index contributed by atoms with van der Waals surface area (Å²) in [7, 11) is 0. The molecule has 0 saturated carbocycles. The maximum atomic E-state index is 13.4. The van der Waals surface area contributed by atoms with Crippen LogP contribution in [0.3, 0.4) is 0 Å². The Balaban J connectivity index is 1.83. The van der Waals surface area contributed by atoms with Crippen LogP contribution in [-0.2, 0) is 6.42 Å². The fourth-order valence-corrected chi connectivity index (χ4v) is 1.98. The predicted octanol–water partition coefficient (Wildman–Crippen LogP) is 3.20. The van der Waals surface area contributed by atoms with Crippen LogP contribution in [0.1, 0.15) is 11.1 Å². The minimum absolute atomic E-state index is 0.0567. The Morgan fingerprint density at radius 1 is 1.19 bits per heavy atom. The second kappa shape index (κ2) is 7.08. The van der Waals surface area contributed by atoms with Crippen molar-refractivity contribution in [2.45, 2.75) is 13.3 Å². The van der Waals surface area contributed by atoms with Crippen LogP contribution < -0.4 is 10.6 Å². The number of hydrogen-bond acceptors (Lipinski definition) is 2. The molecule has 1 aromatic heterocycles. The topological polar surface area (TPSA) is 37.0 Å². The summed E-state index contributed by atoms with van der Waals surface area (Å²) in [5, 5.41) is 6.17. The van der Waals surface area contributed by atoms with E-state index < -0.39 is 11.6 Å². The van der Waals surface area contributed by atoms with Crippen molar-refractivity contribution < 1.29 is 8.78 Å². The van der Waals surface area contributed by atoms with Crippen molar-refractivity contribution in [1.29, 1.82) is 0 Å². The fraction of sp³-hybridized carbons (Fsp3) is 0.200. The summed E-state index contributed by atoms with van der Waals surface area (Å²) in [6, 6.07) is 7.54. The van der Waals surface area contributed by atoms with E-state index in [1.165, 1.54) is 18.2 Å². The number of aromatic nitrogens is 1. The SMILES string of the molecule is Cc1ccc(NC(=S)NCCc2c(F)cccc2F)nc1. The number of benzene rings is 1. The van der Waals surface area contributed by atoms with E-state index in [4.69, 9.17) is 12.2 Å². The Labute approximate surface area is 127 Å². The number of hydrogen-bond donors (Lipinski definition) is 2. The van der Waals surface area contributed by atoms with Gasteiger partial charge in [-0.05, 0) is 49.3 Å². The molecule has 0 radical (unpaired) electrons. The molecule has 6 heteroatoms. The number of aryl methyl sites for hydroxylation is 1. The summed E-state index contributed by atoms with van der Waals surface area (Å²) in [5.41, 5.74) is 1.11. The van der Waals surface area contributed by atoms with Gasteiger partial charge in [0.25, 0.3) is 0 Å². The highest BCUT2D eigenvalue weighted by atomic mass is 32.1. The van der Waals surface area contributed by atoms with Gasteiger partial charge in [-0.25, -0.2) is 13.8 Å². The zero-order valence-electron chi connectivity index (χ0n) is 11.5. The van der Waals surface area contributed by atoms with Crippen LogP contribution in [-0.4, -0.2) is 16.6 Å². The Morgan fingerprint density at radius 3 is 2.52 bits per heavy atom. The Morgan fingerprint density at radius 2 is 1.90 bits per heavy atom. The van der Waals surface area contributed by atoms with Gasteiger partial charge in [-0.15, -0.1) is 0 Å². The molecule has 2 N–H and O–H groups in total. The van der Waals surface area contributed by atoms with E-state index in [-0.39, 0.29) is 12.0 Å². The predicted molar refractivity (Wildman–Crippen MR) is 83.3 cm³/mol. The largest absolute Gasteiger partial charge is 0.362 e. The molecule has 0 atom stereocenters. The molecule has 0 aliphatic rings. The van der Waals surface area contributed by atoms with Gasteiger partial charge in [-0.3, -0.25) is 0 Å². The van der Waals surface area contributed by atoms with E-state index in [0.717, 1.165) is 5.56 Å². The average molecular weight is 307 g/mol. The summed E-state index contributed by atoms with van der Waals surface area (Å²) in [6.07, 6.45) is 1.93. The number of nitrogens with one attached hydrogen (secondary N) is 2. The van der Waals surface area contributed by atoms with Gasteiger partial charge >= 0.3 is 0 Å². The van der Waals surface area contributed by atoms with Gasteiger partial charge in [0, 0.05) is 18.3 Å². The van der Waals surface area contributed by atoms with Crippen LogP contribution in [0, 0.1) is 18.6 Å². The zero-order chi connectivity index (χ0) is 15.2. The van der Waals surface area contributed by atoms with Gasteiger partial charge in [0.1, 0.15) is 17.5 Å². The molecule has 0 unspecified atom stereocenters. The molecular formula is C15H15F2N3S. The molecule has 3 nitrogen and oxygen atoms in total. The monoisotopic (exact) mass is 307 g/mol. The number of nitrogens with zero attached hydrogens (tertiary/aromatic N) is 1. The third-order valence-corrected chi connectivity index (χ3v) is 3.12.